The molecule has 3 aromatic heterocycles. The molecule has 0 aliphatic rings. The van der Waals surface area contributed by atoms with E-state index in [-0.39, 0.29) is 5.56 Å². The van der Waals surface area contributed by atoms with Gasteiger partial charge >= 0.3 is 0 Å². The van der Waals surface area contributed by atoms with E-state index in [0.29, 0.717) is 11.6 Å². The average molecular weight is 330 g/mol. The van der Waals surface area contributed by atoms with Crippen molar-refractivity contribution in [3.63, 3.8) is 0 Å². The number of benzene rings is 1. The lowest BCUT2D eigenvalue weighted by atomic mass is 10.0. The fraction of sp³-hybridized carbons (Fsp3) is 0. The molecule has 0 saturated carbocycles. The maximum atomic E-state index is 11.2. The molecule has 0 aliphatic heterocycles. The lowest BCUT2D eigenvalue weighted by Gasteiger charge is -2.03. The first-order valence-electron chi connectivity index (χ1n) is 7.64. The standard InChI is InChI=1S/C18H14N6O/c19-15-10-13(8-9-20-15)14-11-24(16-6-7-17(25)22-21-16)23-18(14)12-4-2-1-3-5-12/h1-11H,(H2,19,20)(H,22,25). The number of aromatic amines is 1. The van der Waals surface area contributed by atoms with Crippen molar-refractivity contribution in [1.29, 1.82) is 0 Å². The summed E-state index contributed by atoms with van der Waals surface area (Å²) < 4.78 is 1.63. The number of hydrogen-bond acceptors (Lipinski definition) is 5. The van der Waals surface area contributed by atoms with Gasteiger partial charge in [-0.25, -0.2) is 14.8 Å². The Balaban J connectivity index is 1.92. The van der Waals surface area contributed by atoms with E-state index in [1.807, 2.05) is 42.6 Å². The van der Waals surface area contributed by atoms with Crippen LogP contribution < -0.4 is 11.3 Å². The normalized spacial score (nSPS) is 10.7. The van der Waals surface area contributed by atoms with Gasteiger partial charge in [-0.05, 0) is 23.8 Å². The minimum absolute atomic E-state index is 0.263. The summed E-state index contributed by atoms with van der Waals surface area (Å²) in [6, 6.07) is 16.5. The summed E-state index contributed by atoms with van der Waals surface area (Å²) in [4.78, 5) is 15.3. The van der Waals surface area contributed by atoms with Crippen molar-refractivity contribution in [2.75, 3.05) is 5.73 Å². The molecule has 3 N–H and O–H groups in total. The van der Waals surface area contributed by atoms with E-state index in [1.54, 1.807) is 23.0 Å². The summed E-state index contributed by atoms with van der Waals surface area (Å²) in [5.74, 6) is 0.955. The van der Waals surface area contributed by atoms with Crippen molar-refractivity contribution in [2.45, 2.75) is 0 Å². The van der Waals surface area contributed by atoms with Crippen LogP contribution in [0.25, 0.3) is 28.2 Å². The van der Waals surface area contributed by atoms with Crippen molar-refractivity contribution in [1.82, 2.24) is 25.0 Å². The fourth-order valence-corrected chi connectivity index (χ4v) is 2.59. The monoisotopic (exact) mass is 330 g/mol. The minimum atomic E-state index is -0.263. The average Bonchev–Trinajstić information content (AvgIpc) is 3.08. The number of aromatic nitrogens is 5. The van der Waals surface area contributed by atoms with Crippen molar-refractivity contribution in [2.24, 2.45) is 0 Å². The van der Waals surface area contributed by atoms with Crippen LogP contribution >= 0.6 is 0 Å². The number of pyridine rings is 1. The number of H-pyrrole nitrogens is 1. The Hall–Kier alpha value is -3.74. The zero-order valence-electron chi connectivity index (χ0n) is 13.1. The molecule has 0 aliphatic carbocycles. The SMILES string of the molecule is Nc1cc(-c2cn(-c3ccc(=O)[nH]n3)nc2-c2ccccc2)ccn1. The van der Waals surface area contributed by atoms with E-state index in [4.69, 9.17) is 5.73 Å². The highest BCUT2D eigenvalue weighted by atomic mass is 16.1. The predicted molar refractivity (Wildman–Crippen MR) is 95.1 cm³/mol. The summed E-state index contributed by atoms with van der Waals surface area (Å²) in [7, 11) is 0. The van der Waals surface area contributed by atoms with Gasteiger partial charge in [0.2, 0.25) is 0 Å². The quantitative estimate of drug-likeness (QED) is 0.600. The van der Waals surface area contributed by atoms with Crippen molar-refractivity contribution in [3.8, 4) is 28.2 Å². The summed E-state index contributed by atoms with van der Waals surface area (Å²) in [6.07, 6.45) is 3.52. The molecule has 7 nitrogen and oxygen atoms in total. The number of nitrogens with two attached hydrogens (primary N) is 1. The predicted octanol–water partition coefficient (Wildman–Crippen LogP) is 2.27. The van der Waals surface area contributed by atoms with E-state index in [2.05, 4.69) is 20.3 Å². The van der Waals surface area contributed by atoms with Gasteiger partial charge in [0, 0.05) is 29.6 Å². The molecule has 0 radical (unpaired) electrons. The molecule has 0 saturated heterocycles. The second-order valence-electron chi connectivity index (χ2n) is 5.45. The molecule has 0 fully saturated rings. The third kappa shape index (κ3) is 2.90. The first-order chi connectivity index (χ1) is 12.2. The van der Waals surface area contributed by atoms with Crippen LogP contribution in [-0.4, -0.2) is 25.0 Å². The highest BCUT2D eigenvalue weighted by molar-refractivity contribution is 5.81. The third-order valence-electron chi connectivity index (χ3n) is 3.75. The third-order valence-corrected chi connectivity index (χ3v) is 3.75. The maximum absolute atomic E-state index is 11.2. The molecule has 0 amide bonds. The topological polar surface area (TPSA) is 102 Å². The van der Waals surface area contributed by atoms with Crippen LogP contribution in [-0.2, 0) is 0 Å². The molecule has 7 heteroatoms. The summed E-state index contributed by atoms with van der Waals surface area (Å²) in [5.41, 5.74) is 9.13. The van der Waals surface area contributed by atoms with E-state index in [9.17, 15) is 4.79 Å². The van der Waals surface area contributed by atoms with E-state index in [0.717, 1.165) is 22.4 Å². The number of anilines is 1. The van der Waals surface area contributed by atoms with Gasteiger partial charge < -0.3 is 5.73 Å². The van der Waals surface area contributed by atoms with Crippen molar-refractivity contribution in [3.05, 3.63) is 77.3 Å². The number of hydrogen-bond donors (Lipinski definition) is 2. The highest BCUT2D eigenvalue weighted by Gasteiger charge is 2.15. The molecular weight excluding hydrogens is 316 g/mol. The molecule has 1 aromatic carbocycles. The largest absolute Gasteiger partial charge is 0.384 e. The molecule has 122 valence electrons. The fourth-order valence-electron chi connectivity index (χ4n) is 2.59. The van der Waals surface area contributed by atoms with Crippen molar-refractivity contribution >= 4 is 5.82 Å². The first-order valence-corrected chi connectivity index (χ1v) is 7.64. The minimum Gasteiger partial charge on any atom is -0.384 e. The van der Waals surface area contributed by atoms with Gasteiger partial charge in [0.15, 0.2) is 5.82 Å². The lowest BCUT2D eigenvalue weighted by Crippen LogP contribution is -2.09. The van der Waals surface area contributed by atoms with Crippen LogP contribution in [0.5, 0.6) is 0 Å². The zero-order valence-corrected chi connectivity index (χ0v) is 13.1. The van der Waals surface area contributed by atoms with Gasteiger partial charge in [0.1, 0.15) is 11.5 Å². The van der Waals surface area contributed by atoms with Gasteiger partial charge in [-0.1, -0.05) is 30.3 Å². The number of nitrogen functional groups attached to an aromatic ring is 1. The number of rotatable bonds is 3. The Morgan fingerprint density at radius 2 is 1.84 bits per heavy atom. The van der Waals surface area contributed by atoms with Crippen LogP contribution in [0, 0.1) is 0 Å². The number of nitrogens with one attached hydrogen (secondary N) is 1. The highest BCUT2D eigenvalue weighted by Crippen LogP contribution is 2.32. The van der Waals surface area contributed by atoms with Gasteiger partial charge in [-0.3, -0.25) is 4.79 Å². The maximum Gasteiger partial charge on any atom is 0.264 e. The second-order valence-corrected chi connectivity index (χ2v) is 5.45. The molecule has 4 aromatic rings. The van der Waals surface area contributed by atoms with Crippen LogP contribution in [0.15, 0.2) is 71.8 Å². The summed E-state index contributed by atoms with van der Waals surface area (Å²) in [6.45, 7) is 0. The Labute approximate surface area is 142 Å². The first kappa shape index (κ1) is 14.8. The Morgan fingerprint density at radius 1 is 1.00 bits per heavy atom. The molecular formula is C18H14N6O. The van der Waals surface area contributed by atoms with Gasteiger partial charge in [0.25, 0.3) is 5.56 Å². The molecule has 4 rings (SSSR count). The van der Waals surface area contributed by atoms with Crippen LogP contribution in [0.2, 0.25) is 0 Å². The summed E-state index contributed by atoms with van der Waals surface area (Å²) in [5, 5.41) is 11.1. The van der Waals surface area contributed by atoms with Gasteiger partial charge in [-0.2, -0.15) is 10.2 Å². The molecule has 0 atom stereocenters. The molecule has 3 heterocycles. The van der Waals surface area contributed by atoms with E-state index in [1.165, 1.54) is 6.07 Å². The smallest absolute Gasteiger partial charge is 0.264 e. The van der Waals surface area contributed by atoms with E-state index < -0.39 is 0 Å². The van der Waals surface area contributed by atoms with Crippen molar-refractivity contribution < 1.29 is 0 Å². The lowest BCUT2D eigenvalue weighted by molar-refractivity contribution is 0.809. The Morgan fingerprint density at radius 3 is 2.56 bits per heavy atom. The van der Waals surface area contributed by atoms with Gasteiger partial charge in [0.05, 0.1) is 0 Å². The van der Waals surface area contributed by atoms with E-state index >= 15 is 0 Å². The molecule has 25 heavy (non-hydrogen) atoms. The molecule has 0 spiro atoms. The molecule has 0 bridgehead atoms. The van der Waals surface area contributed by atoms with Crippen LogP contribution in [0.3, 0.4) is 0 Å². The van der Waals surface area contributed by atoms with Gasteiger partial charge in [-0.15, -0.1) is 0 Å². The second kappa shape index (κ2) is 6.04. The summed E-state index contributed by atoms with van der Waals surface area (Å²) >= 11 is 0. The Kier molecular flexibility index (Phi) is 3.59. The Bertz CT molecular complexity index is 1060. The van der Waals surface area contributed by atoms with Crippen LogP contribution in [0.1, 0.15) is 0 Å². The zero-order chi connectivity index (χ0) is 17.2. The van der Waals surface area contributed by atoms with Crippen LogP contribution in [0.4, 0.5) is 5.82 Å². The molecule has 0 unspecified atom stereocenters. The number of nitrogens with zero attached hydrogens (tertiary/aromatic N) is 4.